The topological polar surface area (TPSA) is 68.3 Å². The standard InChI is InChI=1S/C14H17N3O2/c1-9(13(18)16(2)3)17-12(15)8-10-6-4-5-7-11(10)14(17)19/h4-9H,15H2,1-3H3. The molecule has 19 heavy (non-hydrogen) atoms. The number of nitrogen functional groups attached to an aromatic ring is 1. The Balaban J connectivity index is 2.67. The third-order valence-corrected chi connectivity index (χ3v) is 3.18. The Kier molecular flexibility index (Phi) is 3.29. The van der Waals surface area contributed by atoms with E-state index in [9.17, 15) is 9.59 Å². The Morgan fingerprint density at radius 3 is 2.58 bits per heavy atom. The van der Waals surface area contributed by atoms with Crippen LogP contribution in [0.1, 0.15) is 13.0 Å². The Labute approximate surface area is 111 Å². The minimum atomic E-state index is -0.618. The zero-order chi connectivity index (χ0) is 14.2. The summed E-state index contributed by atoms with van der Waals surface area (Å²) in [5, 5.41) is 1.35. The maximum Gasteiger partial charge on any atom is 0.260 e. The van der Waals surface area contributed by atoms with Gasteiger partial charge < -0.3 is 10.6 Å². The molecule has 5 heteroatoms. The fourth-order valence-corrected chi connectivity index (χ4v) is 2.18. The first-order chi connectivity index (χ1) is 8.93. The van der Waals surface area contributed by atoms with Crippen LogP contribution in [-0.4, -0.2) is 29.5 Å². The van der Waals surface area contributed by atoms with E-state index in [0.29, 0.717) is 11.2 Å². The molecule has 1 aromatic heterocycles. The molecule has 0 fully saturated rings. The van der Waals surface area contributed by atoms with E-state index in [1.165, 1.54) is 9.47 Å². The lowest BCUT2D eigenvalue weighted by atomic mass is 10.1. The lowest BCUT2D eigenvalue weighted by Gasteiger charge is -2.21. The van der Waals surface area contributed by atoms with Crippen molar-refractivity contribution < 1.29 is 4.79 Å². The highest BCUT2D eigenvalue weighted by atomic mass is 16.2. The average molecular weight is 259 g/mol. The molecule has 1 atom stereocenters. The summed E-state index contributed by atoms with van der Waals surface area (Å²) < 4.78 is 1.34. The van der Waals surface area contributed by atoms with Crippen molar-refractivity contribution in [3.05, 3.63) is 40.7 Å². The summed E-state index contributed by atoms with van der Waals surface area (Å²) in [5.74, 6) is 0.135. The number of hydrogen-bond donors (Lipinski definition) is 1. The number of benzene rings is 1. The number of aromatic nitrogens is 1. The van der Waals surface area contributed by atoms with Crippen molar-refractivity contribution >= 4 is 22.5 Å². The molecule has 2 N–H and O–H groups in total. The van der Waals surface area contributed by atoms with Crippen LogP contribution in [0.25, 0.3) is 10.8 Å². The van der Waals surface area contributed by atoms with Crippen molar-refractivity contribution in [2.24, 2.45) is 0 Å². The Morgan fingerprint density at radius 2 is 1.95 bits per heavy atom. The van der Waals surface area contributed by atoms with Crippen LogP contribution in [0.15, 0.2) is 35.1 Å². The van der Waals surface area contributed by atoms with Gasteiger partial charge in [-0.3, -0.25) is 14.2 Å². The number of anilines is 1. The van der Waals surface area contributed by atoms with Gasteiger partial charge in [-0.25, -0.2) is 0 Å². The molecule has 2 aromatic rings. The molecule has 100 valence electrons. The van der Waals surface area contributed by atoms with E-state index in [2.05, 4.69) is 0 Å². The number of rotatable bonds is 2. The largest absolute Gasteiger partial charge is 0.385 e. The SMILES string of the molecule is CC(C(=O)N(C)C)n1c(N)cc2ccccc2c1=O. The molecule has 0 spiro atoms. The second kappa shape index (κ2) is 4.76. The summed E-state index contributed by atoms with van der Waals surface area (Å²) in [4.78, 5) is 25.9. The fraction of sp³-hybridized carbons (Fsp3) is 0.286. The van der Waals surface area contributed by atoms with Crippen LogP contribution < -0.4 is 11.3 Å². The third-order valence-electron chi connectivity index (χ3n) is 3.18. The molecule has 1 amide bonds. The Bertz CT molecular complexity index is 689. The van der Waals surface area contributed by atoms with Crippen molar-refractivity contribution in [2.45, 2.75) is 13.0 Å². The predicted molar refractivity (Wildman–Crippen MR) is 76.0 cm³/mol. The lowest BCUT2D eigenvalue weighted by molar-refractivity contribution is -0.131. The number of nitrogens with zero attached hydrogens (tertiary/aromatic N) is 2. The number of amides is 1. The molecule has 0 aliphatic carbocycles. The Hall–Kier alpha value is -2.30. The van der Waals surface area contributed by atoms with E-state index in [0.717, 1.165) is 5.39 Å². The molecule has 0 aliphatic rings. The fourth-order valence-electron chi connectivity index (χ4n) is 2.18. The van der Waals surface area contributed by atoms with Gasteiger partial charge in [0.1, 0.15) is 11.9 Å². The van der Waals surface area contributed by atoms with Crippen LogP contribution in [-0.2, 0) is 4.79 Å². The molecule has 0 bridgehead atoms. The van der Waals surface area contributed by atoms with Crippen LogP contribution in [0, 0.1) is 0 Å². The van der Waals surface area contributed by atoms with E-state index in [-0.39, 0.29) is 11.5 Å². The first-order valence-electron chi connectivity index (χ1n) is 6.04. The first kappa shape index (κ1) is 13.1. The summed E-state index contributed by atoms with van der Waals surface area (Å²) in [6.07, 6.45) is 0. The first-order valence-corrected chi connectivity index (χ1v) is 6.04. The number of carbonyl (C=O) groups is 1. The number of hydrogen-bond acceptors (Lipinski definition) is 3. The molecular weight excluding hydrogens is 242 g/mol. The van der Waals surface area contributed by atoms with Gasteiger partial charge in [0.15, 0.2) is 0 Å². The molecule has 2 rings (SSSR count). The predicted octanol–water partition coefficient (Wildman–Crippen LogP) is 1.23. The van der Waals surface area contributed by atoms with E-state index < -0.39 is 6.04 Å². The minimum absolute atomic E-state index is 0.163. The minimum Gasteiger partial charge on any atom is -0.385 e. The normalized spacial score (nSPS) is 12.4. The highest BCUT2D eigenvalue weighted by molar-refractivity contribution is 5.85. The average Bonchev–Trinajstić information content (AvgIpc) is 2.37. The zero-order valence-electron chi connectivity index (χ0n) is 11.3. The van der Waals surface area contributed by atoms with Gasteiger partial charge in [0.25, 0.3) is 5.56 Å². The van der Waals surface area contributed by atoms with Gasteiger partial charge in [-0.2, -0.15) is 0 Å². The van der Waals surface area contributed by atoms with E-state index in [1.54, 1.807) is 39.2 Å². The van der Waals surface area contributed by atoms with Gasteiger partial charge in [-0.05, 0) is 24.4 Å². The molecule has 0 saturated carbocycles. The maximum atomic E-state index is 12.4. The molecule has 0 aliphatic heterocycles. The molecule has 0 saturated heterocycles. The number of fused-ring (bicyclic) bond motifs is 1. The highest BCUT2D eigenvalue weighted by Crippen LogP contribution is 2.17. The van der Waals surface area contributed by atoms with Gasteiger partial charge in [0, 0.05) is 19.5 Å². The van der Waals surface area contributed by atoms with Gasteiger partial charge in [0.2, 0.25) is 5.91 Å². The van der Waals surface area contributed by atoms with Gasteiger partial charge in [-0.15, -0.1) is 0 Å². The number of nitrogens with two attached hydrogens (primary N) is 1. The van der Waals surface area contributed by atoms with E-state index in [4.69, 9.17) is 5.73 Å². The van der Waals surface area contributed by atoms with Crippen molar-refractivity contribution in [3.8, 4) is 0 Å². The van der Waals surface area contributed by atoms with Gasteiger partial charge >= 0.3 is 0 Å². The monoisotopic (exact) mass is 259 g/mol. The van der Waals surface area contributed by atoms with Crippen LogP contribution in [0.4, 0.5) is 5.82 Å². The van der Waals surface area contributed by atoms with Crippen LogP contribution >= 0.6 is 0 Å². The number of carbonyl (C=O) groups excluding carboxylic acids is 1. The molecule has 1 unspecified atom stereocenters. The highest BCUT2D eigenvalue weighted by Gasteiger charge is 2.20. The lowest BCUT2D eigenvalue weighted by Crippen LogP contribution is -2.36. The summed E-state index contributed by atoms with van der Waals surface area (Å²) in [6.45, 7) is 1.68. The molecule has 1 aromatic carbocycles. The summed E-state index contributed by atoms with van der Waals surface area (Å²) in [5.41, 5.74) is 5.68. The van der Waals surface area contributed by atoms with Crippen LogP contribution in [0.3, 0.4) is 0 Å². The molecular formula is C14H17N3O2. The smallest absolute Gasteiger partial charge is 0.260 e. The second-order valence-electron chi connectivity index (χ2n) is 4.74. The quantitative estimate of drug-likeness (QED) is 0.882. The zero-order valence-corrected chi connectivity index (χ0v) is 11.3. The molecule has 1 heterocycles. The molecule has 5 nitrogen and oxygen atoms in total. The maximum absolute atomic E-state index is 12.4. The van der Waals surface area contributed by atoms with Gasteiger partial charge in [0.05, 0.1) is 0 Å². The summed E-state index contributed by atoms with van der Waals surface area (Å²) in [6, 6.07) is 8.31. The number of likely N-dealkylation sites (N-methyl/N-ethyl adjacent to an activating group) is 1. The molecule has 0 radical (unpaired) electrons. The summed E-state index contributed by atoms with van der Waals surface area (Å²) >= 11 is 0. The van der Waals surface area contributed by atoms with Crippen molar-refractivity contribution in [1.29, 1.82) is 0 Å². The van der Waals surface area contributed by atoms with Gasteiger partial charge in [-0.1, -0.05) is 18.2 Å². The van der Waals surface area contributed by atoms with Crippen molar-refractivity contribution in [2.75, 3.05) is 19.8 Å². The van der Waals surface area contributed by atoms with Crippen molar-refractivity contribution in [1.82, 2.24) is 9.47 Å². The van der Waals surface area contributed by atoms with E-state index in [1.807, 2.05) is 12.1 Å². The van der Waals surface area contributed by atoms with Crippen molar-refractivity contribution in [3.63, 3.8) is 0 Å². The summed E-state index contributed by atoms with van der Waals surface area (Å²) in [7, 11) is 3.31. The van der Waals surface area contributed by atoms with Crippen LogP contribution in [0.5, 0.6) is 0 Å². The van der Waals surface area contributed by atoms with E-state index >= 15 is 0 Å². The number of pyridine rings is 1. The second-order valence-corrected chi connectivity index (χ2v) is 4.74. The Morgan fingerprint density at radius 1 is 1.32 bits per heavy atom. The third kappa shape index (κ3) is 2.19. The van der Waals surface area contributed by atoms with Crippen LogP contribution in [0.2, 0.25) is 0 Å².